The first kappa shape index (κ1) is 19.6. The molecule has 6 heteroatoms. The summed E-state index contributed by atoms with van der Waals surface area (Å²) >= 11 is 2.18. The molecule has 0 bridgehead atoms. The molecule has 1 atom stereocenters. The molecule has 4 aromatic rings. The number of hydrogen-bond acceptors (Lipinski definition) is 3. The summed E-state index contributed by atoms with van der Waals surface area (Å²) in [4.78, 5) is 26.3. The Morgan fingerprint density at radius 2 is 1.61 bits per heavy atom. The van der Waals surface area contributed by atoms with Crippen LogP contribution < -0.4 is 10.7 Å². The number of fused-ring (bicyclic) bond motifs is 2. The van der Waals surface area contributed by atoms with Crippen molar-refractivity contribution in [2.75, 3.05) is 5.32 Å². The summed E-state index contributed by atoms with van der Waals surface area (Å²) in [6.07, 6.45) is -0.544. The third-order valence-electron chi connectivity index (χ3n) is 5.33. The maximum Gasteiger partial charge on any atom is 0.276 e. The van der Waals surface area contributed by atoms with Gasteiger partial charge in [-0.15, -0.1) is 0 Å². The molecule has 2 N–H and O–H groups in total. The van der Waals surface area contributed by atoms with Gasteiger partial charge < -0.3 is 5.32 Å². The van der Waals surface area contributed by atoms with Crippen LogP contribution in [-0.2, 0) is 0 Å². The molecule has 5 nitrogen and oxygen atoms in total. The monoisotopic (exact) mass is 519 g/mol. The summed E-state index contributed by atoms with van der Waals surface area (Å²) in [7, 11) is 0. The summed E-state index contributed by atoms with van der Waals surface area (Å²) in [6, 6.07) is 28.7. The van der Waals surface area contributed by atoms with Crippen LogP contribution in [0.4, 0.5) is 5.69 Å². The van der Waals surface area contributed by atoms with Gasteiger partial charge in [-0.1, -0.05) is 54.6 Å². The fourth-order valence-corrected chi connectivity index (χ4v) is 4.26. The number of hydrogen-bond donors (Lipinski definition) is 2. The number of nitrogens with zero attached hydrogens (tertiary/aromatic N) is 1. The van der Waals surface area contributed by atoms with Gasteiger partial charge in [0.1, 0.15) is 6.17 Å². The minimum Gasteiger partial charge on any atom is -0.359 e. The van der Waals surface area contributed by atoms with Gasteiger partial charge in [0, 0.05) is 14.8 Å². The van der Waals surface area contributed by atoms with E-state index in [9.17, 15) is 9.59 Å². The Labute approximate surface area is 193 Å². The average Bonchev–Trinajstić information content (AvgIpc) is 2.81. The van der Waals surface area contributed by atoms with Gasteiger partial charge in [-0.3, -0.25) is 15.0 Å². The molecule has 0 aromatic heterocycles. The van der Waals surface area contributed by atoms with E-state index < -0.39 is 6.17 Å². The maximum absolute atomic E-state index is 13.5. The second-order valence-corrected chi connectivity index (χ2v) is 8.57. The number of halogens is 1. The zero-order valence-electron chi connectivity index (χ0n) is 16.4. The van der Waals surface area contributed by atoms with E-state index in [1.807, 2.05) is 66.7 Å². The van der Waals surface area contributed by atoms with E-state index in [2.05, 4.69) is 33.3 Å². The number of amides is 2. The minimum atomic E-state index is -0.544. The van der Waals surface area contributed by atoms with Crippen molar-refractivity contribution in [3.8, 4) is 0 Å². The fraction of sp³-hybridized carbons (Fsp3) is 0.0400. The van der Waals surface area contributed by atoms with E-state index in [0.717, 1.165) is 25.6 Å². The molecule has 1 heterocycles. The highest BCUT2D eigenvalue weighted by molar-refractivity contribution is 14.1. The lowest BCUT2D eigenvalue weighted by molar-refractivity contribution is 0.0491. The first-order valence-electron chi connectivity index (χ1n) is 9.84. The Bertz CT molecular complexity index is 1310. The van der Waals surface area contributed by atoms with Gasteiger partial charge in [0.05, 0.1) is 5.56 Å². The quantitative estimate of drug-likeness (QED) is 0.359. The lowest BCUT2D eigenvalue weighted by atomic mass is 10.0. The molecule has 1 aliphatic rings. The SMILES string of the molecule is O=C(NN1C(=O)c2cc(I)ccc2N[C@@H]1c1ccc2ccccc2c1)c1ccccc1. The van der Waals surface area contributed by atoms with Crippen molar-refractivity contribution in [3.05, 3.63) is 111 Å². The second-order valence-electron chi connectivity index (χ2n) is 7.33. The average molecular weight is 519 g/mol. The topological polar surface area (TPSA) is 61.4 Å². The molecule has 1 aliphatic heterocycles. The Kier molecular flexibility index (Phi) is 5.07. The molecular formula is C25H18IN3O2. The first-order valence-corrected chi connectivity index (χ1v) is 10.9. The third kappa shape index (κ3) is 3.74. The molecule has 0 fully saturated rings. The molecule has 0 aliphatic carbocycles. The van der Waals surface area contributed by atoms with Crippen molar-refractivity contribution >= 4 is 50.9 Å². The predicted octanol–water partition coefficient (Wildman–Crippen LogP) is 5.36. The number of carbonyl (C=O) groups is 2. The molecule has 4 aromatic carbocycles. The van der Waals surface area contributed by atoms with Crippen molar-refractivity contribution in [2.45, 2.75) is 6.17 Å². The van der Waals surface area contributed by atoms with Gasteiger partial charge in [0.25, 0.3) is 11.8 Å². The van der Waals surface area contributed by atoms with Crippen molar-refractivity contribution in [2.24, 2.45) is 0 Å². The third-order valence-corrected chi connectivity index (χ3v) is 6.00. The molecule has 0 saturated carbocycles. The van der Waals surface area contributed by atoms with E-state index in [-0.39, 0.29) is 11.8 Å². The van der Waals surface area contributed by atoms with Crippen LogP contribution in [0.15, 0.2) is 91.0 Å². The van der Waals surface area contributed by atoms with Crippen LogP contribution in [-0.4, -0.2) is 16.8 Å². The van der Waals surface area contributed by atoms with Crippen LogP contribution in [0.1, 0.15) is 32.4 Å². The second kappa shape index (κ2) is 8.03. The molecule has 0 spiro atoms. The molecule has 5 rings (SSSR count). The summed E-state index contributed by atoms with van der Waals surface area (Å²) in [5, 5.41) is 7.00. The number of benzene rings is 4. The molecule has 0 saturated heterocycles. The minimum absolute atomic E-state index is 0.255. The number of carbonyl (C=O) groups excluding carboxylic acids is 2. The highest BCUT2D eigenvalue weighted by atomic mass is 127. The van der Waals surface area contributed by atoms with Crippen LogP contribution in [0.3, 0.4) is 0 Å². The van der Waals surface area contributed by atoms with Gasteiger partial charge in [-0.05, 0) is 75.3 Å². The van der Waals surface area contributed by atoms with Gasteiger partial charge in [0.2, 0.25) is 0 Å². The Morgan fingerprint density at radius 3 is 2.42 bits per heavy atom. The standard InChI is InChI=1S/C25H18IN3O2/c26-20-12-13-22-21(15-20)25(31)29(28-24(30)17-7-2-1-3-8-17)23(27-22)19-11-10-16-6-4-5-9-18(16)14-19/h1-15,23,27H,(H,28,30)/t23-/m0/s1. The lowest BCUT2D eigenvalue weighted by Gasteiger charge is -2.38. The molecular weight excluding hydrogens is 501 g/mol. The van der Waals surface area contributed by atoms with Gasteiger partial charge >= 0.3 is 0 Å². The zero-order valence-corrected chi connectivity index (χ0v) is 18.5. The number of anilines is 1. The van der Waals surface area contributed by atoms with E-state index in [1.54, 1.807) is 24.3 Å². The normalized spacial score (nSPS) is 15.3. The summed E-state index contributed by atoms with van der Waals surface area (Å²) in [5.41, 5.74) is 5.46. The maximum atomic E-state index is 13.5. The van der Waals surface area contributed by atoms with E-state index >= 15 is 0 Å². The summed E-state index contributed by atoms with van der Waals surface area (Å²) in [6.45, 7) is 0. The van der Waals surface area contributed by atoms with Gasteiger partial charge in [-0.25, -0.2) is 5.01 Å². The summed E-state index contributed by atoms with van der Waals surface area (Å²) < 4.78 is 0.949. The van der Waals surface area contributed by atoms with Crippen molar-refractivity contribution in [1.29, 1.82) is 0 Å². The predicted molar refractivity (Wildman–Crippen MR) is 130 cm³/mol. The molecule has 2 amide bonds. The fourth-order valence-electron chi connectivity index (χ4n) is 3.77. The number of hydrazine groups is 1. The first-order chi connectivity index (χ1) is 15.1. The van der Waals surface area contributed by atoms with Crippen molar-refractivity contribution in [1.82, 2.24) is 10.4 Å². The van der Waals surface area contributed by atoms with Crippen molar-refractivity contribution < 1.29 is 9.59 Å². The van der Waals surface area contributed by atoms with Crippen LogP contribution in [0, 0.1) is 3.57 Å². The molecule has 0 unspecified atom stereocenters. The number of rotatable bonds is 3. The Hall–Kier alpha value is -3.39. The van der Waals surface area contributed by atoms with Crippen LogP contribution in [0.5, 0.6) is 0 Å². The number of nitrogens with one attached hydrogen (secondary N) is 2. The van der Waals surface area contributed by atoms with Crippen molar-refractivity contribution in [3.63, 3.8) is 0 Å². The molecule has 31 heavy (non-hydrogen) atoms. The smallest absolute Gasteiger partial charge is 0.276 e. The van der Waals surface area contributed by atoms with Crippen LogP contribution >= 0.6 is 22.6 Å². The molecule has 152 valence electrons. The Morgan fingerprint density at radius 1 is 0.871 bits per heavy atom. The summed E-state index contributed by atoms with van der Waals surface area (Å²) in [5.74, 6) is -0.592. The highest BCUT2D eigenvalue weighted by Crippen LogP contribution is 2.34. The van der Waals surface area contributed by atoms with Crippen LogP contribution in [0.25, 0.3) is 10.8 Å². The van der Waals surface area contributed by atoms with E-state index in [1.165, 1.54) is 5.01 Å². The molecule has 0 radical (unpaired) electrons. The zero-order chi connectivity index (χ0) is 21.4. The highest BCUT2D eigenvalue weighted by Gasteiger charge is 2.34. The largest absolute Gasteiger partial charge is 0.359 e. The van der Waals surface area contributed by atoms with E-state index in [0.29, 0.717) is 11.1 Å². The van der Waals surface area contributed by atoms with Crippen LogP contribution in [0.2, 0.25) is 0 Å². The van der Waals surface area contributed by atoms with Gasteiger partial charge in [0.15, 0.2) is 0 Å². The Balaban J connectivity index is 1.58. The van der Waals surface area contributed by atoms with E-state index in [4.69, 9.17) is 0 Å². The van der Waals surface area contributed by atoms with Gasteiger partial charge in [-0.2, -0.15) is 0 Å². The lowest BCUT2D eigenvalue weighted by Crippen LogP contribution is -2.52.